The first kappa shape index (κ1) is 19.1. The summed E-state index contributed by atoms with van der Waals surface area (Å²) in [4.78, 5) is 26.2. The summed E-state index contributed by atoms with van der Waals surface area (Å²) >= 11 is 7.71. The van der Waals surface area contributed by atoms with Crippen LogP contribution in [0.5, 0.6) is 0 Å². The average molecular weight is 399 g/mol. The highest BCUT2D eigenvalue weighted by atomic mass is 35.5. The minimum Gasteiger partial charge on any atom is -0.351 e. The fourth-order valence-corrected chi connectivity index (χ4v) is 3.54. The molecule has 6 heteroatoms. The molecule has 0 aliphatic rings. The largest absolute Gasteiger partial charge is 0.351 e. The molecule has 2 aromatic carbocycles. The molecule has 0 radical (unpaired) electrons. The van der Waals surface area contributed by atoms with Gasteiger partial charge in [-0.1, -0.05) is 60.1 Å². The van der Waals surface area contributed by atoms with Crippen LogP contribution in [0.3, 0.4) is 0 Å². The van der Waals surface area contributed by atoms with Crippen LogP contribution >= 0.6 is 22.9 Å². The fraction of sp³-hybridized carbons (Fsp3) is 0.143. The minimum atomic E-state index is -0.446. The number of amides is 2. The number of thiophene rings is 1. The van der Waals surface area contributed by atoms with Crippen molar-refractivity contribution in [2.75, 3.05) is 0 Å². The van der Waals surface area contributed by atoms with Gasteiger partial charge in [0, 0.05) is 4.88 Å². The summed E-state index contributed by atoms with van der Waals surface area (Å²) < 4.78 is 0. The van der Waals surface area contributed by atoms with Gasteiger partial charge in [0.05, 0.1) is 29.6 Å². The Kier molecular flexibility index (Phi) is 6.63. The van der Waals surface area contributed by atoms with E-state index in [4.69, 9.17) is 11.6 Å². The third-order valence-electron chi connectivity index (χ3n) is 4.06. The van der Waals surface area contributed by atoms with Gasteiger partial charge in [0.25, 0.3) is 5.91 Å². The molecule has 27 heavy (non-hydrogen) atoms. The van der Waals surface area contributed by atoms with E-state index in [1.54, 1.807) is 35.6 Å². The standard InChI is InChI=1S/C21H19ClN2O2S/c22-18-11-5-4-10-17(18)21(26)24-19(15-7-2-1-3-8-15)13-20(25)23-14-16-9-6-12-27-16/h1-12,19H,13-14H2,(H,23,25)(H,24,26)/t19-/m0/s1. The van der Waals surface area contributed by atoms with Crippen LogP contribution in [0.2, 0.25) is 5.02 Å². The number of hydrogen-bond donors (Lipinski definition) is 2. The summed E-state index contributed by atoms with van der Waals surface area (Å²) in [5, 5.41) is 8.19. The lowest BCUT2D eigenvalue weighted by molar-refractivity contribution is -0.121. The molecule has 0 unspecified atom stereocenters. The number of carbonyl (C=O) groups excluding carboxylic acids is 2. The number of carbonyl (C=O) groups is 2. The fourth-order valence-electron chi connectivity index (χ4n) is 2.68. The summed E-state index contributed by atoms with van der Waals surface area (Å²) in [6.07, 6.45) is 0.144. The highest BCUT2D eigenvalue weighted by Crippen LogP contribution is 2.20. The average Bonchev–Trinajstić information content (AvgIpc) is 3.20. The van der Waals surface area contributed by atoms with E-state index < -0.39 is 6.04 Å². The highest BCUT2D eigenvalue weighted by molar-refractivity contribution is 7.09. The Morgan fingerprint density at radius 1 is 0.963 bits per heavy atom. The molecule has 3 aromatic rings. The molecule has 0 fully saturated rings. The van der Waals surface area contributed by atoms with Crippen molar-refractivity contribution in [1.82, 2.24) is 10.6 Å². The number of halogens is 1. The van der Waals surface area contributed by atoms with E-state index in [1.807, 2.05) is 47.8 Å². The van der Waals surface area contributed by atoms with Gasteiger partial charge in [-0.25, -0.2) is 0 Å². The van der Waals surface area contributed by atoms with E-state index in [-0.39, 0.29) is 18.2 Å². The Hall–Kier alpha value is -2.63. The van der Waals surface area contributed by atoms with Gasteiger partial charge in [-0.05, 0) is 29.1 Å². The normalized spacial score (nSPS) is 11.6. The minimum absolute atomic E-state index is 0.128. The van der Waals surface area contributed by atoms with Gasteiger partial charge in [0.2, 0.25) is 5.91 Å². The highest BCUT2D eigenvalue weighted by Gasteiger charge is 2.20. The zero-order valence-corrected chi connectivity index (χ0v) is 16.1. The van der Waals surface area contributed by atoms with E-state index in [2.05, 4.69) is 10.6 Å². The maximum absolute atomic E-state index is 12.6. The zero-order chi connectivity index (χ0) is 19.1. The van der Waals surface area contributed by atoms with Gasteiger partial charge in [-0.3, -0.25) is 9.59 Å². The maximum Gasteiger partial charge on any atom is 0.253 e. The predicted octanol–water partition coefficient (Wildman–Crippen LogP) is 4.58. The molecule has 138 valence electrons. The smallest absolute Gasteiger partial charge is 0.253 e. The number of rotatable bonds is 7. The first-order chi connectivity index (χ1) is 13.1. The summed E-state index contributed by atoms with van der Waals surface area (Å²) in [5.74, 6) is -0.433. The van der Waals surface area contributed by atoms with Crippen molar-refractivity contribution >= 4 is 34.8 Å². The third-order valence-corrected chi connectivity index (χ3v) is 5.26. The van der Waals surface area contributed by atoms with E-state index in [0.717, 1.165) is 10.4 Å². The molecule has 0 aliphatic carbocycles. The van der Waals surface area contributed by atoms with Gasteiger partial charge in [-0.2, -0.15) is 0 Å². The molecule has 2 N–H and O–H groups in total. The molecule has 0 bridgehead atoms. The Morgan fingerprint density at radius 3 is 2.41 bits per heavy atom. The lowest BCUT2D eigenvalue weighted by Gasteiger charge is -2.19. The molecule has 0 aliphatic heterocycles. The Bertz CT molecular complexity index is 898. The summed E-state index contributed by atoms with van der Waals surface area (Å²) in [6, 6.07) is 19.8. The summed E-state index contributed by atoms with van der Waals surface area (Å²) in [6.45, 7) is 0.483. The molecule has 1 heterocycles. The quantitative estimate of drug-likeness (QED) is 0.612. The van der Waals surface area contributed by atoms with Gasteiger partial charge >= 0.3 is 0 Å². The van der Waals surface area contributed by atoms with Crippen LogP contribution in [-0.4, -0.2) is 11.8 Å². The van der Waals surface area contributed by atoms with Crippen molar-refractivity contribution < 1.29 is 9.59 Å². The first-order valence-corrected chi connectivity index (χ1v) is 9.78. The van der Waals surface area contributed by atoms with Crippen LogP contribution in [0.15, 0.2) is 72.1 Å². The molecule has 4 nitrogen and oxygen atoms in total. The van der Waals surface area contributed by atoms with Gasteiger partial charge in [0.1, 0.15) is 0 Å². The van der Waals surface area contributed by atoms with Crippen molar-refractivity contribution in [2.45, 2.75) is 19.0 Å². The molecule has 2 amide bonds. The van der Waals surface area contributed by atoms with Crippen molar-refractivity contribution in [3.63, 3.8) is 0 Å². The lowest BCUT2D eigenvalue weighted by atomic mass is 10.0. The van der Waals surface area contributed by atoms with Crippen molar-refractivity contribution in [2.24, 2.45) is 0 Å². The van der Waals surface area contributed by atoms with Crippen LogP contribution in [0.25, 0.3) is 0 Å². The zero-order valence-electron chi connectivity index (χ0n) is 14.5. The molecule has 0 spiro atoms. The van der Waals surface area contributed by atoms with Crippen LogP contribution in [-0.2, 0) is 11.3 Å². The van der Waals surface area contributed by atoms with E-state index in [1.165, 1.54) is 0 Å². The summed E-state index contributed by atoms with van der Waals surface area (Å²) in [7, 11) is 0. The molecule has 0 saturated heterocycles. The Balaban J connectivity index is 1.70. The molecule has 0 saturated carbocycles. The topological polar surface area (TPSA) is 58.2 Å². The van der Waals surface area contributed by atoms with Gasteiger partial charge in [-0.15, -0.1) is 11.3 Å². The van der Waals surface area contributed by atoms with Crippen LogP contribution in [0.4, 0.5) is 0 Å². The van der Waals surface area contributed by atoms with E-state index >= 15 is 0 Å². The second kappa shape index (κ2) is 9.35. The second-order valence-electron chi connectivity index (χ2n) is 5.98. The predicted molar refractivity (Wildman–Crippen MR) is 109 cm³/mol. The molecular weight excluding hydrogens is 380 g/mol. The SMILES string of the molecule is O=C(C[C@H](NC(=O)c1ccccc1Cl)c1ccccc1)NCc1cccs1. The molecule has 3 rings (SSSR count). The van der Waals surface area contributed by atoms with Crippen LogP contribution in [0, 0.1) is 0 Å². The van der Waals surface area contributed by atoms with Crippen molar-refractivity contribution in [3.05, 3.63) is 93.1 Å². The Morgan fingerprint density at radius 2 is 1.70 bits per heavy atom. The van der Waals surface area contributed by atoms with Crippen LogP contribution in [0.1, 0.15) is 33.3 Å². The Labute approximate surface area is 167 Å². The second-order valence-corrected chi connectivity index (χ2v) is 7.42. The first-order valence-electron chi connectivity index (χ1n) is 8.53. The van der Waals surface area contributed by atoms with Crippen molar-refractivity contribution in [1.29, 1.82) is 0 Å². The van der Waals surface area contributed by atoms with E-state index in [9.17, 15) is 9.59 Å². The number of hydrogen-bond acceptors (Lipinski definition) is 3. The van der Waals surface area contributed by atoms with Crippen molar-refractivity contribution in [3.8, 4) is 0 Å². The maximum atomic E-state index is 12.6. The third kappa shape index (κ3) is 5.42. The summed E-state index contributed by atoms with van der Waals surface area (Å²) in [5.41, 5.74) is 1.25. The molecular formula is C21H19ClN2O2S. The number of nitrogens with one attached hydrogen (secondary N) is 2. The van der Waals surface area contributed by atoms with Gasteiger partial charge < -0.3 is 10.6 Å². The molecule has 1 aromatic heterocycles. The number of benzene rings is 2. The van der Waals surface area contributed by atoms with E-state index in [0.29, 0.717) is 17.1 Å². The molecule has 1 atom stereocenters. The van der Waals surface area contributed by atoms with Crippen LogP contribution < -0.4 is 10.6 Å². The monoisotopic (exact) mass is 398 g/mol. The van der Waals surface area contributed by atoms with Gasteiger partial charge in [0.15, 0.2) is 0 Å². The lowest BCUT2D eigenvalue weighted by Crippen LogP contribution is -2.33.